The third-order valence-corrected chi connectivity index (χ3v) is 8.65. The smallest absolute Gasteiger partial charge is 0.264 e. The first-order valence-corrected chi connectivity index (χ1v) is 15.1. The number of aryl methyl sites for hydroxylation is 3. The van der Waals surface area contributed by atoms with Gasteiger partial charge in [-0.15, -0.1) is 0 Å². The summed E-state index contributed by atoms with van der Waals surface area (Å²) in [6.07, 6.45) is 0. The van der Waals surface area contributed by atoms with E-state index < -0.39 is 28.5 Å². The third-order valence-electron chi connectivity index (χ3n) is 6.64. The number of nitrogens with zero attached hydrogens (tertiary/aromatic N) is 2. The van der Waals surface area contributed by atoms with Crippen LogP contribution in [0, 0.1) is 26.7 Å². The van der Waals surface area contributed by atoms with Crippen LogP contribution in [0.4, 0.5) is 5.69 Å². The monoisotopic (exact) mass is 583 g/mol. The van der Waals surface area contributed by atoms with Gasteiger partial charge in [0, 0.05) is 18.1 Å². The Morgan fingerprint density at radius 3 is 2.00 bits per heavy atom. The average molecular weight is 584 g/mol. The molecule has 1 unspecified atom stereocenters. The molecule has 0 aromatic heterocycles. The number of nitrogens with one attached hydrogen (secondary N) is 1. The molecule has 0 aliphatic heterocycles. The highest BCUT2D eigenvalue weighted by atomic mass is 35.5. The van der Waals surface area contributed by atoms with Crippen LogP contribution in [0.15, 0.2) is 71.6 Å². The number of halogens is 1. The van der Waals surface area contributed by atoms with Gasteiger partial charge in [-0.1, -0.05) is 73.0 Å². The first-order chi connectivity index (χ1) is 18.8. The highest BCUT2D eigenvalue weighted by molar-refractivity contribution is 7.92. The lowest BCUT2D eigenvalue weighted by Gasteiger charge is -2.32. The van der Waals surface area contributed by atoms with E-state index >= 15 is 0 Å². The SMILES string of the molecule is Cc1ccc(CN(C(=O)CN(c2ccc(Cl)cc2C)S(=O)(=O)c2ccc(C)cc2)C(C)C(=O)NCC(C)C)cc1. The van der Waals surface area contributed by atoms with Gasteiger partial charge >= 0.3 is 0 Å². The second kappa shape index (κ2) is 13.3. The van der Waals surface area contributed by atoms with Crippen molar-refractivity contribution in [3.8, 4) is 0 Å². The van der Waals surface area contributed by atoms with Crippen LogP contribution in [-0.4, -0.2) is 44.3 Å². The molecule has 0 heterocycles. The standard InChI is InChI=1S/C31H38ClN3O4S/c1-21(2)18-33-31(37)25(6)34(19-26-11-7-22(3)8-12-26)30(36)20-35(29-16-13-27(32)17-24(29)5)40(38,39)28-14-9-23(4)10-15-28/h7-17,21,25H,18-20H2,1-6H3,(H,33,37). The van der Waals surface area contributed by atoms with Crippen LogP contribution < -0.4 is 9.62 Å². The summed E-state index contributed by atoms with van der Waals surface area (Å²) in [5, 5.41) is 3.35. The minimum atomic E-state index is -4.14. The maximum Gasteiger partial charge on any atom is 0.264 e. The van der Waals surface area contributed by atoms with Crippen molar-refractivity contribution < 1.29 is 18.0 Å². The molecular formula is C31H38ClN3O4S. The molecule has 0 spiro atoms. The van der Waals surface area contributed by atoms with E-state index in [0.29, 0.717) is 22.8 Å². The molecule has 0 aliphatic rings. The number of rotatable bonds is 11. The van der Waals surface area contributed by atoms with E-state index in [2.05, 4.69) is 5.32 Å². The van der Waals surface area contributed by atoms with Gasteiger partial charge in [0.2, 0.25) is 11.8 Å². The quantitative estimate of drug-likeness (QED) is 0.316. The number of amides is 2. The van der Waals surface area contributed by atoms with Gasteiger partial charge in [-0.2, -0.15) is 0 Å². The molecule has 3 aromatic rings. The van der Waals surface area contributed by atoms with Crippen LogP contribution in [0.5, 0.6) is 0 Å². The number of carbonyl (C=O) groups is 2. The predicted octanol–water partition coefficient (Wildman–Crippen LogP) is 5.65. The summed E-state index contributed by atoms with van der Waals surface area (Å²) >= 11 is 6.17. The van der Waals surface area contributed by atoms with Gasteiger partial charge in [0.1, 0.15) is 12.6 Å². The highest BCUT2D eigenvalue weighted by Crippen LogP contribution is 2.29. The van der Waals surface area contributed by atoms with Crippen molar-refractivity contribution in [2.24, 2.45) is 5.92 Å². The Balaban J connectivity index is 2.04. The summed E-state index contributed by atoms with van der Waals surface area (Å²) in [7, 11) is -4.14. The number of sulfonamides is 1. The fourth-order valence-electron chi connectivity index (χ4n) is 4.17. The third kappa shape index (κ3) is 7.86. The Kier molecular flexibility index (Phi) is 10.4. The Hall–Kier alpha value is -3.36. The van der Waals surface area contributed by atoms with Crippen molar-refractivity contribution in [2.75, 3.05) is 17.4 Å². The van der Waals surface area contributed by atoms with Crippen LogP contribution in [0.2, 0.25) is 5.02 Å². The minimum Gasteiger partial charge on any atom is -0.354 e. The molecule has 1 N–H and O–H groups in total. The zero-order chi connectivity index (χ0) is 29.6. The highest BCUT2D eigenvalue weighted by Gasteiger charge is 2.33. The van der Waals surface area contributed by atoms with Gasteiger partial charge in [0.15, 0.2) is 0 Å². The molecule has 3 rings (SSSR count). The topological polar surface area (TPSA) is 86.8 Å². The summed E-state index contributed by atoms with van der Waals surface area (Å²) in [6, 6.07) is 18.2. The maximum absolute atomic E-state index is 14.0. The van der Waals surface area contributed by atoms with Crippen LogP contribution >= 0.6 is 11.6 Å². The van der Waals surface area contributed by atoms with Crippen molar-refractivity contribution in [1.82, 2.24) is 10.2 Å². The summed E-state index contributed by atoms with van der Waals surface area (Å²) in [4.78, 5) is 28.6. The Bertz CT molecular complexity index is 1440. The molecule has 0 saturated heterocycles. The van der Waals surface area contributed by atoms with E-state index in [1.54, 1.807) is 44.2 Å². The maximum atomic E-state index is 14.0. The van der Waals surface area contributed by atoms with Gasteiger partial charge in [-0.25, -0.2) is 8.42 Å². The van der Waals surface area contributed by atoms with Crippen molar-refractivity contribution in [2.45, 2.75) is 59.0 Å². The largest absolute Gasteiger partial charge is 0.354 e. The molecule has 1 atom stereocenters. The second-order valence-electron chi connectivity index (χ2n) is 10.6. The molecule has 0 bridgehead atoms. The number of carbonyl (C=O) groups excluding carboxylic acids is 2. The van der Waals surface area contributed by atoms with E-state index in [-0.39, 0.29) is 23.3 Å². The molecule has 9 heteroatoms. The van der Waals surface area contributed by atoms with Gasteiger partial charge < -0.3 is 10.2 Å². The number of hydrogen-bond donors (Lipinski definition) is 1. The molecule has 0 saturated carbocycles. The molecule has 40 heavy (non-hydrogen) atoms. The lowest BCUT2D eigenvalue weighted by molar-refractivity contribution is -0.139. The van der Waals surface area contributed by atoms with Crippen molar-refractivity contribution in [3.05, 3.63) is 94.0 Å². The van der Waals surface area contributed by atoms with Crippen molar-refractivity contribution >= 4 is 39.1 Å². The Morgan fingerprint density at radius 2 is 1.45 bits per heavy atom. The van der Waals surface area contributed by atoms with Gasteiger partial charge in [0.25, 0.3) is 10.0 Å². The van der Waals surface area contributed by atoms with E-state index in [0.717, 1.165) is 21.0 Å². The summed E-state index contributed by atoms with van der Waals surface area (Å²) in [5.74, 6) is -0.567. The van der Waals surface area contributed by atoms with E-state index in [9.17, 15) is 18.0 Å². The molecule has 2 amide bonds. The lowest BCUT2D eigenvalue weighted by atomic mass is 10.1. The van der Waals surface area contributed by atoms with Crippen molar-refractivity contribution in [1.29, 1.82) is 0 Å². The lowest BCUT2D eigenvalue weighted by Crippen LogP contribution is -2.51. The Morgan fingerprint density at radius 1 is 0.875 bits per heavy atom. The summed E-state index contributed by atoms with van der Waals surface area (Å²) < 4.78 is 29.0. The van der Waals surface area contributed by atoms with Gasteiger partial charge in [-0.05, 0) is 75.1 Å². The zero-order valence-corrected chi connectivity index (χ0v) is 25.5. The van der Waals surface area contributed by atoms with Gasteiger partial charge in [0.05, 0.1) is 10.6 Å². The molecule has 0 radical (unpaired) electrons. The molecular weight excluding hydrogens is 546 g/mol. The average Bonchev–Trinajstić information content (AvgIpc) is 2.90. The molecule has 7 nitrogen and oxygen atoms in total. The summed E-state index contributed by atoms with van der Waals surface area (Å²) in [5.41, 5.74) is 3.75. The number of anilines is 1. The van der Waals surface area contributed by atoms with Crippen LogP contribution in [0.25, 0.3) is 0 Å². The minimum absolute atomic E-state index is 0.0630. The zero-order valence-electron chi connectivity index (χ0n) is 23.9. The van der Waals surface area contributed by atoms with Crippen LogP contribution in [-0.2, 0) is 26.2 Å². The predicted molar refractivity (Wildman–Crippen MR) is 161 cm³/mol. The van der Waals surface area contributed by atoms with Crippen LogP contribution in [0.3, 0.4) is 0 Å². The first-order valence-electron chi connectivity index (χ1n) is 13.3. The second-order valence-corrected chi connectivity index (χ2v) is 12.9. The van der Waals surface area contributed by atoms with Gasteiger partial charge in [-0.3, -0.25) is 13.9 Å². The summed E-state index contributed by atoms with van der Waals surface area (Å²) in [6.45, 7) is 11.3. The normalized spacial score (nSPS) is 12.2. The van der Waals surface area contributed by atoms with E-state index in [1.165, 1.54) is 17.0 Å². The molecule has 0 aliphatic carbocycles. The Labute approximate surface area is 243 Å². The molecule has 3 aromatic carbocycles. The molecule has 0 fully saturated rings. The molecule has 214 valence electrons. The number of benzene rings is 3. The van der Waals surface area contributed by atoms with E-state index in [4.69, 9.17) is 11.6 Å². The first kappa shape index (κ1) is 31.2. The van der Waals surface area contributed by atoms with Crippen molar-refractivity contribution in [3.63, 3.8) is 0 Å². The fourth-order valence-corrected chi connectivity index (χ4v) is 5.88. The number of hydrogen-bond acceptors (Lipinski definition) is 4. The van der Waals surface area contributed by atoms with E-state index in [1.807, 2.05) is 52.0 Å². The fraction of sp³-hybridized carbons (Fsp3) is 0.355. The van der Waals surface area contributed by atoms with Crippen LogP contribution in [0.1, 0.15) is 43.0 Å².